The van der Waals surface area contributed by atoms with E-state index >= 15 is 0 Å². The van der Waals surface area contributed by atoms with Gasteiger partial charge in [0.05, 0.1) is 13.2 Å². The van der Waals surface area contributed by atoms with Crippen LogP contribution in [0.5, 0.6) is 0 Å². The molecule has 0 aliphatic rings. The molecule has 0 bridgehead atoms. The highest BCUT2D eigenvalue weighted by atomic mass is 31.2. The Bertz CT molecular complexity index is 2200. The molecule has 0 spiro atoms. The van der Waals surface area contributed by atoms with E-state index in [0.717, 1.165) is 141 Å². The Morgan fingerprint density at radius 3 is 0.857 bits per heavy atom. The molecule has 3 N–H and O–H groups in total. The van der Waals surface area contributed by atoms with E-state index in [1.165, 1.54) is 96.3 Å². The van der Waals surface area contributed by atoms with E-state index in [-0.39, 0.29) is 32.6 Å². The van der Waals surface area contributed by atoms with Gasteiger partial charge in [-0.3, -0.25) is 18.6 Å². The lowest BCUT2D eigenvalue weighted by Gasteiger charge is -2.19. The summed E-state index contributed by atoms with van der Waals surface area (Å²) in [6.45, 7) is 3.47. The molecule has 0 radical (unpaired) electrons. The molecule has 0 aromatic heterocycles. The van der Waals surface area contributed by atoms with Crippen molar-refractivity contribution in [3.8, 4) is 0 Å². The summed E-state index contributed by atoms with van der Waals surface area (Å²) in [5.74, 6) is -0.874. The van der Waals surface area contributed by atoms with Gasteiger partial charge in [0.1, 0.15) is 6.61 Å². The van der Waals surface area contributed by atoms with Crippen LogP contribution in [0.1, 0.15) is 271 Å². The van der Waals surface area contributed by atoms with Crippen LogP contribution in [0.15, 0.2) is 194 Å². The second-order valence-corrected chi connectivity index (χ2v) is 24.4. The topological polar surface area (TPSA) is 134 Å². The number of nitrogens with two attached hydrogens (primary N) is 1. The van der Waals surface area contributed by atoms with Crippen LogP contribution in [0, 0.1) is 0 Å². The van der Waals surface area contributed by atoms with Crippen LogP contribution in [-0.2, 0) is 32.7 Å². The quantitative estimate of drug-likeness (QED) is 0.0264. The van der Waals surface area contributed by atoms with Crippen molar-refractivity contribution in [1.82, 2.24) is 0 Å². The van der Waals surface area contributed by atoms with E-state index in [0.29, 0.717) is 6.42 Å². The summed E-state index contributed by atoms with van der Waals surface area (Å²) in [7, 11) is -4.42. The number of ether oxygens (including phenoxy) is 2. The minimum atomic E-state index is -4.42. The Labute approximate surface area is 557 Å². The molecule has 0 heterocycles. The first-order valence-corrected chi connectivity index (χ1v) is 37.4. The zero-order chi connectivity index (χ0) is 65.8. The molecule has 0 aliphatic heterocycles. The number of carbonyl (C=O) groups excluding carboxylic acids is 2. The fourth-order valence-corrected chi connectivity index (χ4v) is 10.0. The monoisotopic (exact) mass is 1280 g/mol. The number of unbranched alkanes of at least 4 members (excludes halogenated alkanes) is 20. The summed E-state index contributed by atoms with van der Waals surface area (Å²) in [5, 5.41) is 0. The van der Waals surface area contributed by atoms with Gasteiger partial charge in [0, 0.05) is 19.4 Å². The first-order valence-electron chi connectivity index (χ1n) is 35.9. The number of rotatable bonds is 65. The molecule has 0 rings (SSSR count). The number of allylic oxidation sites excluding steroid dienone is 32. The molecule has 0 aliphatic carbocycles. The first kappa shape index (κ1) is 85.8. The average Bonchev–Trinajstić information content (AvgIpc) is 3.71. The fourth-order valence-electron chi connectivity index (χ4n) is 9.26. The molecular weight excluding hydrogens is 1150 g/mol. The smallest absolute Gasteiger partial charge is 0.462 e. The zero-order valence-corrected chi connectivity index (χ0v) is 58.4. The molecular formula is C81H130NO8P. The molecule has 0 aromatic carbocycles. The Morgan fingerprint density at radius 1 is 0.330 bits per heavy atom. The van der Waals surface area contributed by atoms with Crippen LogP contribution in [0.3, 0.4) is 0 Å². The van der Waals surface area contributed by atoms with Crippen molar-refractivity contribution in [1.29, 1.82) is 0 Å². The second-order valence-electron chi connectivity index (χ2n) is 23.0. The van der Waals surface area contributed by atoms with Gasteiger partial charge in [0.25, 0.3) is 0 Å². The third kappa shape index (κ3) is 73.8. The fraction of sp³-hybridized carbons (Fsp3) is 0.580. The van der Waals surface area contributed by atoms with Gasteiger partial charge in [0.15, 0.2) is 6.10 Å². The predicted octanol–water partition coefficient (Wildman–Crippen LogP) is 24.1. The summed E-state index contributed by atoms with van der Waals surface area (Å²) in [6, 6.07) is 0. The van der Waals surface area contributed by atoms with E-state index in [9.17, 15) is 19.0 Å². The third-order valence-corrected chi connectivity index (χ3v) is 15.5. The van der Waals surface area contributed by atoms with Crippen LogP contribution >= 0.6 is 7.82 Å². The SMILES string of the molecule is CC/C=C\C/C=C\C/C=C\C/C=C\C/C=C\C/C=C\C/C=C\C/C=C\C/C=C\CCCCCC(=O)OC(COC(=O)CCCCCCCCCCCCCCCCCCC/C=C\C/C=C\C/C=C\C/C=C\C/C=C\C/C=C\C/C=C\CC)COP(=O)(O)OCCN. The van der Waals surface area contributed by atoms with Crippen LogP contribution in [0.4, 0.5) is 0 Å². The van der Waals surface area contributed by atoms with E-state index in [1.54, 1.807) is 0 Å². The van der Waals surface area contributed by atoms with Crippen molar-refractivity contribution >= 4 is 19.8 Å². The molecule has 2 atom stereocenters. The lowest BCUT2D eigenvalue weighted by molar-refractivity contribution is -0.161. The molecule has 0 aromatic rings. The van der Waals surface area contributed by atoms with Gasteiger partial charge in [-0.05, 0) is 141 Å². The van der Waals surface area contributed by atoms with E-state index in [1.807, 2.05) is 0 Å². The van der Waals surface area contributed by atoms with E-state index in [4.69, 9.17) is 24.3 Å². The molecule has 9 nitrogen and oxygen atoms in total. The number of phosphoric acid groups is 1. The van der Waals surface area contributed by atoms with Gasteiger partial charge in [-0.1, -0.05) is 311 Å². The zero-order valence-electron chi connectivity index (χ0n) is 57.5. The van der Waals surface area contributed by atoms with Crippen LogP contribution in [-0.4, -0.2) is 49.3 Å². The standard InChI is InChI=1S/C81H130NO8P/c1-3-5-7-9-11-13-15-17-19-21-23-25-27-29-31-33-35-36-37-38-39-40-41-42-44-45-47-49-51-53-55-57-59-61-63-65-67-69-71-73-80(83)87-77-79(78-89-91(85,86)88-76-75-82)90-81(84)74-72-70-68-66-64-62-60-58-56-54-52-50-48-46-43-34-32-30-28-26-24-22-20-18-16-14-12-10-8-6-4-2/h5-8,11-14,17-20,23-26,29-32,35-36,38-39,43,46,50,52,56,58,62,64,79H,3-4,9-10,15-16,21-22,27-28,33-34,37,40-42,44-45,47-49,51,53-55,57,59-61,63,65-78,82H2,1-2H3,(H,85,86)/b7-5-,8-6-,13-11-,14-12-,19-17-,20-18-,25-23-,26-24-,31-29-,32-30-,36-35-,39-38-,46-43-,52-50-,58-56-,64-62-. The van der Waals surface area contributed by atoms with Crippen molar-refractivity contribution in [3.63, 3.8) is 0 Å². The van der Waals surface area contributed by atoms with Gasteiger partial charge in [0.2, 0.25) is 0 Å². The Hall–Kier alpha value is -5.15. The number of carbonyl (C=O) groups is 2. The maximum absolute atomic E-state index is 12.8. The molecule has 0 saturated carbocycles. The summed E-state index contributed by atoms with van der Waals surface area (Å²) in [4.78, 5) is 35.4. The molecule has 0 fully saturated rings. The largest absolute Gasteiger partial charge is 0.472 e. The van der Waals surface area contributed by atoms with E-state index in [2.05, 4.69) is 208 Å². The molecule has 10 heteroatoms. The minimum absolute atomic E-state index is 0.0385. The van der Waals surface area contributed by atoms with Crippen molar-refractivity contribution in [2.45, 2.75) is 277 Å². The second kappa shape index (κ2) is 73.9. The summed E-state index contributed by atoms with van der Waals surface area (Å²) in [6.07, 6.45) is 112. The average molecular weight is 1280 g/mol. The molecule has 512 valence electrons. The Kier molecular flexibility index (Phi) is 69.7. The molecule has 91 heavy (non-hydrogen) atoms. The summed E-state index contributed by atoms with van der Waals surface area (Å²) >= 11 is 0. The van der Waals surface area contributed by atoms with Crippen LogP contribution in [0.25, 0.3) is 0 Å². The maximum Gasteiger partial charge on any atom is 0.472 e. The van der Waals surface area contributed by atoms with Gasteiger partial charge in [-0.15, -0.1) is 0 Å². The van der Waals surface area contributed by atoms with Gasteiger partial charge >= 0.3 is 19.8 Å². The summed E-state index contributed by atoms with van der Waals surface area (Å²) in [5.41, 5.74) is 5.40. The molecule has 2 unspecified atom stereocenters. The van der Waals surface area contributed by atoms with Crippen molar-refractivity contribution in [3.05, 3.63) is 194 Å². The number of hydrogen-bond acceptors (Lipinski definition) is 8. The Morgan fingerprint density at radius 2 is 0.571 bits per heavy atom. The first-order chi connectivity index (χ1) is 44.8. The van der Waals surface area contributed by atoms with Crippen molar-refractivity contribution in [2.24, 2.45) is 5.73 Å². The lowest BCUT2D eigenvalue weighted by atomic mass is 10.0. The molecule has 0 amide bonds. The van der Waals surface area contributed by atoms with Gasteiger partial charge < -0.3 is 20.1 Å². The van der Waals surface area contributed by atoms with Gasteiger partial charge in [-0.2, -0.15) is 0 Å². The maximum atomic E-state index is 12.8. The number of esters is 2. The van der Waals surface area contributed by atoms with Crippen molar-refractivity contribution in [2.75, 3.05) is 26.4 Å². The molecule has 0 saturated heterocycles. The highest BCUT2D eigenvalue weighted by molar-refractivity contribution is 7.47. The highest BCUT2D eigenvalue weighted by Gasteiger charge is 2.26. The van der Waals surface area contributed by atoms with Crippen LogP contribution in [0.2, 0.25) is 0 Å². The normalized spacial score (nSPS) is 14.1. The lowest BCUT2D eigenvalue weighted by Crippen LogP contribution is -2.29. The summed E-state index contributed by atoms with van der Waals surface area (Å²) < 4.78 is 33.1. The number of hydrogen-bond donors (Lipinski definition) is 2. The minimum Gasteiger partial charge on any atom is -0.462 e. The van der Waals surface area contributed by atoms with Crippen LogP contribution < -0.4 is 5.73 Å². The highest BCUT2D eigenvalue weighted by Crippen LogP contribution is 2.43. The number of phosphoric ester groups is 1. The van der Waals surface area contributed by atoms with Gasteiger partial charge in [-0.25, -0.2) is 4.57 Å². The third-order valence-electron chi connectivity index (χ3n) is 14.5. The Balaban J connectivity index is 3.97. The van der Waals surface area contributed by atoms with E-state index < -0.39 is 32.5 Å². The predicted molar refractivity (Wildman–Crippen MR) is 394 cm³/mol. The van der Waals surface area contributed by atoms with Crippen molar-refractivity contribution < 1.29 is 37.6 Å².